The summed E-state index contributed by atoms with van der Waals surface area (Å²) in [6.45, 7) is 5.19. The summed E-state index contributed by atoms with van der Waals surface area (Å²) in [7, 11) is 0. The van der Waals surface area contributed by atoms with E-state index in [0.29, 0.717) is 41.7 Å². The van der Waals surface area contributed by atoms with Crippen LogP contribution in [0.15, 0.2) is 60.8 Å². The molecule has 11 nitrogen and oxygen atoms in total. The monoisotopic (exact) mass is 524 g/mol. The number of carbonyl (C=O) groups excluding carboxylic acids is 1. The summed E-state index contributed by atoms with van der Waals surface area (Å²) in [4.78, 5) is 22.6. The fraction of sp³-hybridized carbons (Fsp3) is 0.346. The molecule has 0 bridgehead atoms. The van der Waals surface area contributed by atoms with Crippen molar-refractivity contribution in [1.29, 1.82) is 0 Å². The second-order valence-electron chi connectivity index (χ2n) is 8.80. The normalized spacial score (nSPS) is 13.1. The molecule has 4 rings (SSSR count). The number of primary amides is 1. The number of benzene rings is 2. The van der Waals surface area contributed by atoms with Gasteiger partial charge in [0.2, 0.25) is 5.91 Å². The molecule has 5 N–H and O–H groups in total. The fourth-order valence-electron chi connectivity index (χ4n) is 4.20. The second kappa shape index (κ2) is 12.9. The topological polar surface area (TPSA) is 132 Å². The van der Waals surface area contributed by atoms with Crippen molar-refractivity contribution in [1.82, 2.24) is 25.3 Å². The number of halogens is 1. The quantitative estimate of drug-likeness (QED) is 0.233. The number of ether oxygens (including phenoxy) is 1. The van der Waals surface area contributed by atoms with Gasteiger partial charge < -0.3 is 25.8 Å². The van der Waals surface area contributed by atoms with Gasteiger partial charge in [-0.15, -0.1) is 0 Å². The molecule has 3 aromatic rings. The maximum atomic E-state index is 13.8. The highest BCUT2D eigenvalue weighted by atomic mass is 19.1. The molecular formula is C26H33FN8O3. The number of hydrazine groups is 2. The zero-order valence-electron chi connectivity index (χ0n) is 21.3. The van der Waals surface area contributed by atoms with Crippen molar-refractivity contribution in [3.05, 3.63) is 66.6 Å². The average Bonchev–Trinajstić information content (AvgIpc) is 3.28. The maximum absolute atomic E-state index is 13.8. The Kier molecular flexibility index (Phi) is 9.11. The van der Waals surface area contributed by atoms with Crippen LogP contribution in [0.3, 0.4) is 0 Å². The van der Waals surface area contributed by atoms with Crippen molar-refractivity contribution in [2.24, 2.45) is 5.73 Å². The third kappa shape index (κ3) is 6.99. The van der Waals surface area contributed by atoms with Gasteiger partial charge in [0, 0.05) is 30.6 Å². The summed E-state index contributed by atoms with van der Waals surface area (Å²) in [6, 6.07) is 11.6. The number of aromatic nitrogens is 2. The van der Waals surface area contributed by atoms with E-state index in [-0.39, 0.29) is 13.2 Å². The summed E-state index contributed by atoms with van der Waals surface area (Å²) >= 11 is 0. The van der Waals surface area contributed by atoms with Gasteiger partial charge in [0.15, 0.2) is 0 Å². The molecule has 0 aliphatic carbocycles. The van der Waals surface area contributed by atoms with Crippen LogP contribution in [0.4, 0.5) is 15.9 Å². The van der Waals surface area contributed by atoms with Crippen LogP contribution < -0.4 is 26.3 Å². The van der Waals surface area contributed by atoms with Gasteiger partial charge in [-0.1, -0.05) is 13.0 Å². The summed E-state index contributed by atoms with van der Waals surface area (Å²) < 4.78 is 19.8. The molecular weight excluding hydrogens is 491 g/mol. The lowest BCUT2D eigenvalue weighted by atomic mass is 10.2. The number of amides is 1. The predicted octanol–water partition coefficient (Wildman–Crippen LogP) is 2.18. The van der Waals surface area contributed by atoms with Gasteiger partial charge in [0.25, 0.3) is 0 Å². The molecule has 0 radical (unpaired) electrons. The second-order valence-corrected chi connectivity index (χ2v) is 8.80. The first kappa shape index (κ1) is 26.9. The molecule has 2 aromatic carbocycles. The Bertz CT molecular complexity index is 1270. The minimum Gasteiger partial charge on any atom is -0.493 e. The van der Waals surface area contributed by atoms with Crippen molar-refractivity contribution >= 4 is 28.3 Å². The van der Waals surface area contributed by atoms with E-state index < -0.39 is 11.7 Å². The molecule has 0 spiro atoms. The van der Waals surface area contributed by atoms with Crippen LogP contribution in [0, 0.1) is 5.82 Å². The number of nitrogens with one attached hydrogen (secondary N) is 2. The zero-order chi connectivity index (χ0) is 26.9. The van der Waals surface area contributed by atoms with Crippen LogP contribution in [-0.4, -0.2) is 70.3 Å². The minimum absolute atomic E-state index is 0.115. The molecule has 38 heavy (non-hydrogen) atoms. The van der Waals surface area contributed by atoms with Crippen molar-refractivity contribution in [3.8, 4) is 5.75 Å². The molecule has 12 heteroatoms. The first-order valence-corrected chi connectivity index (χ1v) is 12.5. The van der Waals surface area contributed by atoms with E-state index >= 15 is 0 Å². The number of rotatable bonds is 14. The van der Waals surface area contributed by atoms with E-state index in [1.807, 2.05) is 18.2 Å². The summed E-state index contributed by atoms with van der Waals surface area (Å²) in [5.41, 5.74) is 9.70. The molecule has 0 saturated carbocycles. The highest BCUT2D eigenvalue weighted by Gasteiger charge is 2.24. The average molecular weight is 525 g/mol. The molecule has 1 amide bonds. The van der Waals surface area contributed by atoms with Crippen molar-refractivity contribution in [2.45, 2.75) is 19.8 Å². The van der Waals surface area contributed by atoms with E-state index in [1.54, 1.807) is 18.3 Å². The lowest BCUT2D eigenvalue weighted by Gasteiger charge is -2.29. The third-order valence-corrected chi connectivity index (χ3v) is 5.84. The SMILES string of the molecule is CCCN(CCO)CCCOc1ccc2c(NC3=CN(CC(N)=O)N(c4cccc(F)c4)N3)ncnc2c1. The van der Waals surface area contributed by atoms with E-state index in [0.717, 1.165) is 31.3 Å². The highest BCUT2D eigenvalue weighted by Crippen LogP contribution is 2.26. The summed E-state index contributed by atoms with van der Waals surface area (Å²) in [5.74, 6) is 0.801. The molecule has 0 saturated heterocycles. The number of fused-ring (bicyclic) bond motifs is 1. The molecule has 0 fully saturated rings. The standard InChI is InChI=1S/C26H33FN8O3/c1-2-9-33(11-12-36)10-4-13-38-21-7-8-22-23(15-21)29-18-30-26(22)31-25-17-34(16-24(28)37)35(32-25)20-6-3-5-19(27)14-20/h3,5-8,14-15,17-18,32,36H,2,4,9-13,16H2,1H3,(H2,28,37)(H,29,30,31). The lowest BCUT2D eigenvalue weighted by molar-refractivity contribution is -0.118. The Hall–Kier alpha value is -4.16. The van der Waals surface area contributed by atoms with E-state index in [9.17, 15) is 14.3 Å². The molecule has 2 heterocycles. The number of nitrogens with two attached hydrogens (primary N) is 1. The number of hydrogen-bond donors (Lipinski definition) is 4. The Morgan fingerprint density at radius 2 is 2.08 bits per heavy atom. The van der Waals surface area contributed by atoms with Gasteiger partial charge in [0.1, 0.15) is 36.1 Å². The van der Waals surface area contributed by atoms with Crippen LogP contribution in [-0.2, 0) is 4.79 Å². The van der Waals surface area contributed by atoms with Gasteiger partial charge in [-0.25, -0.2) is 14.4 Å². The Morgan fingerprint density at radius 3 is 2.84 bits per heavy atom. The number of aliphatic hydroxyl groups is 1. The van der Waals surface area contributed by atoms with Crippen LogP contribution in [0.1, 0.15) is 19.8 Å². The number of aliphatic hydroxyl groups excluding tert-OH is 1. The van der Waals surface area contributed by atoms with Gasteiger partial charge in [-0.05, 0) is 43.7 Å². The molecule has 0 unspecified atom stereocenters. The van der Waals surface area contributed by atoms with Crippen molar-refractivity contribution < 1.29 is 19.0 Å². The molecule has 202 valence electrons. The molecule has 0 atom stereocenters. The molecule has 1 aliphatic heterocycles. The van der Waals surface area contributed by atoms with Crippen LogP contribution in [0.5, 0.6) is 5.75 Å². The van der Waals surface area contributed by atoms with E-state index in [1.165, 1.54) is 28.6 Å². The first-order chi connectivity index (χ1) is 18.5. The number of anilines is 2. The van der Waals surface area contributed by atoms with E-state index in [2.05, 4.69) is 32.5 Å². The smallest absolute Gasteiger partial charge is 0.239 e. The number of nitrogens with zero attached hydrogens (tertiary/aromatic N) is 5. The Balaban J connectivity index is 1.43. The zero-order valence-corrected chi connectivity index (χ0v) is 21.3. The predicted molar refractivity (Wildman–Crippen MR) is 143 cm³/mol. The molecule has 1 aromatic heterocycles. The van der Waals surface area contributed by atoms with Gasteiger partial charge in [0.05, 0.1) is 30.6 Å². The van der Waals surface area contributed by atoms with Crippen molar-refractivity contribution in [2.75, 3.05) is 49.8 Å². The Labute approximate surface area is 220 Å². The summed E-state index contributed by atoms with van der Waals surface area (Å²) in [6.07, 6.45) is 4.99. The van der Waals surface area contributed by atoms with Crippen LogP contribution >= 0.6 is 0 Å². The number of carbonyl (C=O) groups is 1. The number of hydrogen-bond acceptors (Lipinski definition) is 10. The highest BCUT2D eigenvalue weighted by molar-refractivity contribution is 5.90. The summed E-state index contributed by atoms with van der Waals surface area (Å²) in [5, 5.41) is 16.2. The largest absolute Gasteiger partial charge is 0.493 e. The molecule has 1 aliphatic rings. The van der Waals surface area contributed by atoms with Crippen LogP contribution in [0.25, 0.3) is 10.9 Å². The third-order valence-electron chi connectivity index (χ3n) is 5.84. The lowest BCUT2D eigenvalue weighted by Crippen LogP contribution is -2.46. The Morgan fingerprint density at radius 1 is 1.21 bits per heavy atom. The fourth-order valence-corrected chi connectivity index (χ4v) is 4.20. The van der Waals surface area contributed by atoms with Crippen LogP contribution in [0.2, 0.25) is 0 Å². The van der Waals surface area contributed by atoms with Gasteiger partial charge in [-0.3, -0.25) is 15.2 Å². The van der Waals surface area contributed by atoms with Crippen molar-refractivity contribution in [3.63, 3.8) is 0 Å². The van der Waals surface area contributed by atoms with Gasteiger partial charge in [-0.2, -0.15) is 5.12 Å². The van der Waals surface area contributed by atoms with E-state index in [4.69, 9.17) is 10.5 Å². The van der Waals surface area contributed by atoms with Gasteiger partial charge >= 0.3 is 0 Å². The minimum atomic E-state index is -0.544. The maximum Gasteiger partial charge on any atom is 0.239 e. The first-order valence-electron chi connectivity index (χ1n) is 12.5.